The second kappa shape index (κ2) is 14.4. The van der Waals surface area contributed by atoms with Gasteiger partial charge in [-0.2, -0.15) is 0 Å². The quantitative estimate of drug-likeness (QED) is 0.212. The van der Waals surface area contributed by atoms with Gasteiger partial charge >= 0.3 is 6.09 Å². The summed E-state index contributed by atoms with van der Waals surface area (Å²) >= 11 is 0. The highest BCUT2D eigenvalue weighted by atomic mass is 16.5. The van der Waals surface area contributed by atoms with Gasteiger partial charge in [-0.3, -0.25) is 9.59 Å². The SMILES string of the molecule is O=CC(=O)NCCCc1ccc(-c2ccc(CCCCNC(=O)OCc3ccccc3)cc2)cc1. The van der Waals surface area contributed by atoms with Gasteiger partial charge in [-0.15, -0.1) is 0 Å². The maximum atomic E-state index is 11.8. The van der Waals surface area contributed by atoms with Crippen LogP contribution in [0, 0.1) is 0 Å². The van der Waals surface area contributed by atoms with Crippen LogP contribution in [0.1, 0.15) is 36.0 Å². The third-order valence-corrected chi connectivity index (χ3v) is 5.66. The zero-order valence-electron chi connectivity index (χ0n) is 19.9. The highest BCUT2D eigenvalue weighted by Gasteiger charge is 2.03. The lowest BCUT2D eigenvalue weighted by molar-refractivity contribution is -0.131. The van der Waals surface area contributed by atoms with Gasteiger partial charge < -0.3 is 15.4 Å². The normalized spacial score (nSPS) is 10.4. The predicted molar refractivity (Wildman–Crippen MR) is 137 cm³/mol. The number of carbonyl (C=O) groups is 3. The lowest BCUT2D eigenvalue weighted by atomic mass is 9.99. The second-order valence-electron chi connectivity index (χ2n) is 8.35. The third kappa shape index (κ3) is 9.45. The molecule has 0 spiro atoms. The van der Waals surface area contributed by atoms with Crippen LogP contribution in [0.5, 0.6) is 0 Å². The molecule has 0 saturated heterocycles. The number of benzene rings is 3. The third-order valence-electron chi connectivity index (χ3n) is 5.66. The number of aldehydes is 1. The van der Waals surface area contributed by atoms with Crippen LogP contribution in [0.4, 0.5) is 4.79 Å². The average Bonchev–Trinajstić information content (AvgIpc) is 2.91. The van der Waals surface area contributed by atoms with Crippen molar-refractivity contribution in [3.63, 3.8) is 0 Å². The molecule has 6 heteroatoms. The van der Waals surface area contributed by atoms with Crippen LogP contribution in [0.15, 0.2) is 78.9 Å². The Bertz CT molecular complexity index is 1060. The molecule has 0 heterocycles. The van der Waals surface area contributed by atoms with Crippen molar-refractivity contribution in [3.8, 4) is 11.1 Å². The Balaban J connectivity index is 1.32. The maximum absolute atomic E-state index is 11.8. The van der Waals surface area contributed by atoms with Gasteiger partial charge in [0.25, 0.3) is 5.91 Å². The van der Waals surface area contributed by atoms with E-state index in [0.29, 0.717) is 19.4 Å². The second-order valence-corrected chi connectivity index (χ2v) is 8.35. The maximum Gasteiger partial charge on any atom is 0.407 e. The molecule has 0 aromatic heterocycles. The predicted octanol–water partition coefficient (Wildman–Crippen LogP) is 4.85. The summed E-state index contributed by atoms with van der Waals surface area (Å²) in [6.07, 6.45) is 4.39. The van der Waals surface area contributed by atoms with Crippen molar-refractivity contribution in [3.05, 3.63) is 95.6 Å². The first-order valence-corrected chi connectivity index (χ1v) is 12.0. The van der Waals surface area contributed by atoms with E-state index in [1.165, 1.54) is 16.7 Å². The topological polar surface area (TPSA) is 84.5 Å². The number of hydrogen-bond acceptors (Lipinski definition) is 4. The number of hydrogen-bond donors (Lipinski definition) is 2. The van der Waals surface area contributed by atoms with Crippen molar-refractivity contribution in [2.75, 3.05) is 13.1 Å². The molecule has 182 valence electrons. The van der Waals surface area contributed by atoms with Gasteiger partial charge in [0, 0.05) is 13.1 Å². The first kappa shape index (κ1) is 25.7. The standard InChI is InChI=1S/C29H32N2O4/c32-21-28(33)30-20-6-10-24-13-17-27(18-14-24)26-15-11-23(12-16-26)7-4-5-19-31-29(34)35-22-25-8-2-1-3-9-25/h1-3,8-9,11-18,21H,4-7,10,19-20,22H2,(H,30,33)(H,31,34). The molecule has 35 heavy (non-hydrogen) atoms. The van der Waals surface area contributed by atoms with E-state index >= 15 is 0 Å². The van der Waals surface area contributed by atoms with Gasteiger partial charge in [0.05, 0.1) is 0 Å². The van der Waals surface area contributed by atoms with Gasteiger partial charge in [0.1, 0.15) is 6.61 Å². The molecule has 3 rings (SSSR count). The fourth-order valence-electron chi connectivity index (χ4n) is 3.69. The first-order chi connectivity index (χ1) is 17.1. The highest BCUT2D eigenvalue weighted by Crippen LogP contribution is 2.21. The largest absolute Gasteiger partial charge is 0.445 e. The number of nitrogens with one attached hydrogen (secondary N) is 2. The van der Waals surface area contributed by atoms with Crippen molar-refractivity contribution in [1.29, 1.82) is 0 Å². The number of alkyl carbamates (subject to hydrolysis) is 1. The van der Waals surface area contributed by atoms with Gasteiger partial charge in [-0.05, 0) is 59.9 Å². The minimum absolute atomic E-state index is 0.282. The van der Waals surface area contributed by atoms with E-state index in [1.807, 2.05) is 30.3 Å². The van der Waals surface area contributed by atoms with Gasteiger partial charge in [-0.25, -0.2) is 4.79 Å². The summed E-state index contributed by atoms with van der Waals surface area (Å²) in [5.41, 5.74) is 5.77. The van der Waals surface area contributed by atoms with Crippen molar-refractivity contribution >= 4 is 18.3 Å². The van der Waals surface area contributed by atoms with Crippen LogP contribution in [-0.4, -0.2) is 31.4 Å². The summed E-state index contributed by atoms with van der Waals surface area (Å²) in [5, 5.41) is 5.36. The molecule has 0 fully saturated rings. The van der Waals surface area contributed by atoms with Crippen LogP contribution in [-0.2, 0) is 33.8 Å². The summed E-state index contributed by atoms with van der Waals surface area (Å²) in [6, 6.07) is 26.6. The number of amides is 2. The minimum atomic E-state index is -0.570. The first-order valence-electron chi connectivity index (χ1n) is 12.0. The molecule has 3 aromatic rings. The van der Waals surface area contributed by atoms with Crippen molar-refractivity contribution in [2.45, 2.75) is 38.7 Å². The molecule has 2 N–H and O–H groups in total. The lowest BCUT2D eigenvalue weighted by Gasteiger charge is -2.08. The molecule has 0 saturated carbocycles. The van der Waals surface area contributed by atoms with Crippen LogP contribution < -0.4 is 10.6 Å². The Labute approximate surface area is 206 Å². The fraction of sp³-hybridized carbons (Fsp3) is 0.276. The van der Waals surface area contributed by atoms with E-state index in [2.05, 4.69) is 59.2 Å². The van der Waals surface area contributed by atoms with E-state index < -0.39 is 5.91 Å². The molecule has 0 aliphatic carbocycles. The number of rotatable bonds is 13. The highest BCUT2D eigenvalue weighted by molar-refractivity contribution is 6.23. The molecule has 2 amide bonds. The molecular weight excluding hydrogens is 440 g/mol. The zero-order chi connectivity index (χ0) is 24.7. The molecule has 3 aromatic carbocycles. The Kier molecular flexibility index (Phi) is 10.5. The molecule has 0 aliphatic rings. The molecule has 0 unspecified atom stereocenters. The lowest BCUT2D eigenvalue weighted by Crippen LogP contribution is -2.25. The van der Waals surface area contributed by atoms with E-state index in [0.717, 1.165) is 43.2 Å². The fourth-order valence-corrected chi connectivity index (χ4v) is 3.69. The van der Waals surface area contributed by atoms with Crippen LogP contribution in [0.25, 0.3) is 11.1 Å². The van der Waals surface area contributed by atoms with E-state index in [-0.39, 0.29) is 12.7 Å². The molecular formula is C29H32N2O4. The summed E-state index contributed by atoms with van der Waals surface area (Å²) in [7, 11) is 0. The van der Waals surface area contributed by atoms with E-state index in [4.69, 9.17) is 4.74 Å². The van der Waals surface area contributed by atoms with Crippen molar-refractivity contribution < 1.29 is 19.1 Å². The number of ether oxygens (including phenoxy) is 1. The smallest absolute Gasteiger partial charge is 0.407 e. The van der Waals surface area contributed by atoms with Gasteiger partial charge in [0.15, 0.2) is 0 Å². The number of unbranched alkanes of at least 4 members (excludes halogenated alkanes) is 1. The summed E-state index contributed by atoms with van der Waals surface area (Å²) in [6.45, 7) is 1.38. The van der Waals surface area contributed by atoms with Gasteiger partial charge in [0.2, 0.25) is 6.29 Å². The van der Waals surface area contributed by atoms with E-state index in [9.17, 15) is 14.4 Å². The Morgan fingerprint density at radius 3 is 1.83 bits per heavy atom. The van der Waals surface area contributed by atoms with Gasteiger partial charge in [-0.1, -0.05) is 78.9 Å². The minimum Gasteiger partial charge on any atom is -0.445 e. The van der Waals surface area contributed by atoms with E-state index in [1.54, 1.807) is 0 Å². The molecule has 0 atom stereocenters. The Morgan fingerprint density at radius 1 is 0.657 bits per heavy atom. The van der Waals surface area contributed by atoms with Crippen molar-refractivity contribution in [1.82, 2.24) is 10.6 Å². The average molecular weight is 473 g/mol. The summed E-state index contributed by atoms with van der Waals surface area (Å²) in [5.74, 6) is -0.570. The molecule has 0 bridgehead atoms. The van der Waals surface area contributed by atoms with Crippen molar-refractivity contribution in [2.24, 2.45) is 0 Å². The zero-order valence-corrected chi connectivity index (χ0v) is 19.9. The monoisotopic (exact) mass is 472 g/mol. The number of aryl methyl sites for hydroxylation is 2. The summed E-state index contributed by atoms with van der Waals surface area (Å²) < 4.78 is 5.22. The van der Waals surface area contributed by atoms with Crippen LogP contribution >= 0.6 is 0 Å². The molecule has 6 nitrogen and oxygen atoms in total. The van der Waals surface area contributed by atoms with Crippen LogP contribution in [0.3, 0.4) is 0 Å². The van der Waals surface area contributed by atoms with Crippen LogP contribution in [0.2, 0.25) is 0 Å². The Hall–Kier alpha value is -3.93. The number of carbonyl (C=O) groups excluding carboxylic acids is 3. The Morgan fingerprint density at radius 2 is 1.23 bits per heavy atom. The summed E-state index contributed by atoms with van der Waals surface area (Å²) in [4.78, 5) is 33.0. The molecule has 0 aliphatic heterocycles. The molecule has 0 radical (unpaired) electrons.